The average molecular weight is 246 g/mol. The summed E-state index contributed by atoms with van der Waals surface area (Å²) >= 11 is 3.48. The SMILES string of the molecule is Brc1ccc2c(ccc3[nH]ccc32)c1. The van der Waals surface area contributed by atoms with Crippen molar-refractivity contribution in [1.29, 1.82) is 0 Å². The number of hydrogen-bond donors (Lipinski definition) is 1. The number of hydrogen-bond acceptors (Lipinski definition) is 0. The minimum absolute atomic E-state index is 1.12. The molecule has 0 radical (unpaired) electrons. The molecule has 0 aliphatic carbocycles. The Labute approximate surface area is 89.9 Å². The van der Waals surface area contributed by atoms with Crippen LogP contribution in [0.2, 0.25) is 0 Å². The molecule has 0 saturated carbocycles. The lowest BCUT2D eigenvalue weighted by molar-refractivity contribution is 1.48. The second-order valence-corrected chi connectivity index (χ2v) is 4.29. The fraction of sp³-hybridized carbons (Fsp3) is 0. The molecule has 3 rings (SSSR count). The maximum Gasteiger partial charge on any atom is 0.0460 e. The molecule has 1 N–H and O–H groups in total. The lowest BCUT2D eigenvalue weighted by atomic mass is 10.1. The third-order valence-corrected chi connectivity index (χ3v) is 3.01. The number of rotatable bonds is 0. The van der Waals surface area contributed by atoms with Crippen molar-refractivity contribution in [3.05, 3.63) is 47.1 Å². The fourth-order valence-corrected chi connectivity index (χ4v) is 2.22. The first-order valence-electron chi connectivity index (χ1n) is 4.50. The molecular formula is C12H8BrN. The molecule has 68 valence electrons. The maximum atomic E-state index is 3.48. The van der Waals surface area contributed by atoms with Crippen LogP contribution in [0, 0.1) is 0 Å². The van der Waals surface area contributed by atoms with Crippen LogP contribution in [0.5, 0.6) is 0 Å². The fourth-order valence-electron chi connectivity index (χ4n) is 1.84. The molecule has 3 aromatic rings. The number of nitrogens with one attached hydrogen (secondary N) is 1. The zero-order valence-corrected chi connectivity index (χ0v) is 9.01. The van der Waals surface area contributed by atoms with Gasteiger partial charge in [-0.15, -0.1) is 0 Å². The molecule has 1 nitrogen and oxygen atoms in total. The minimum atomic E-state index is 1.12. The first-order valence-corrected chi connectivity index (χ1v) is 5.29. The van der Waals surface area contributed by atoms with Crippen molar-refractivity contribution in [2.24, 2.45) is 0 Å². The lowest BCUT2D eigenvalue weighted by Crippen LogP contribution is -1.74. The largest absolute Gasteiger partial charge is 0.361 e. The van der Waals surface area contributed by atoms with Gasteiger partial charge in [0.1, 0.15) is 0 Å². The molecule has 0 aliphatic rings. The van der Waals surface area contributed by atoms with Crippen LogP contribution < -0.4 is 0 Å². The molecule has 0 bridgehead atoms. The smallest absolute Gasteiger partial charge is 0.0460 e. The van der Waals surface area contributed by atoms with E-state index in [1.165, 1.54) is 21.7 Å². The molecular weight excluding hydrogens is 238 g/mol. The van der Waals surface area contributed by atoms with Crippen LogP contribution in [0.25, 0.3) is 21.7 Å². The Morgan fingerprint density at radius 2 is 1.86 bits per heavy atom. The molecule has 1 aromatic heterocycles. The number of fused-ring (bicyclic) bond motifs is 3. The summed E-state index contributed by atoms with van der Waals surface area (Å²) < 4.78 is 1.12. The van der Waals surface area contributed by atoms with Gasteiger partial charge in [0.15, 0.2) is 0 Å². The summed E-state index contributed by atoms with van der Waals surface area (Å²) in [6, 6.07) is 12.7. The predicted octanol–water partition coefficient (Wildman–Crippen LogP) is 4.08. The Bertz CT molecular complexity index is 610. The monoisotopic (exact) mass is 245 g/mol. The number of halogens is 1. The van der Waals surface area contributed by atoms with E-state index in [4.69, 9.17) is 0 Å². The van der Waals surface area contributed by atoms with Crippen LogP contribution in [0.3, 0.4) is 0 Å². The molecule has 2 aromatic carbocycles. The summed E-state index contributed by atoms with van der Waals surface area (Å²) in [6.45, 7) is 0. The number of aromatic nitrogens is 1. The third kappa shape index (κ3) is 1.07. The van der Waals surface area contributed by atoms with E-state index in [0.717, 1.165) is 4.47 Å². The van der Waals surface area contributed by atoms with Gasteiger partial charge in [0.05, 0.1) is 0 Å². The number of benzene rings is 2. The van der Waals surface area contributed by atoms with E-state index >= 15 is 0 Å². The second-order valence-electron chi connectivity index (χ2n) is 3.37. The standard InChI is InChI=1S/C12H8BrN/c13-9-2-3-10-8(7-9)1-4-12-11(10)5-6-14-12/h1-7,14H. The molecule has 0 spiro atoms. The minimum Gasteiger partial charge on any atom is -0.361 e. The van der Waals surface area contributed by atoms with Gasteiger partial charge in [0.2, 0.25) is 0 Å². The summed E-state index contributed by atoms with van der Waals surface area (Å²) in [6.07, 6.45) is 1.98. The van der Waals surface area contributed by atoms with Gasteiger partial charge < -0.3 is 4.98 Å². The van der Waals surface area contributed by atoms with Gasteiger partial charge in [-0.3, -0.25) is 0 Å². The van der Waals surface area contributed by atoms with Crippen LogP contribution in [0.15, 0.2) is 47.1 Å². The summed E-state index contributed by atoms with van der Waals surface area (Å²) in [5, 5.41) is 3.86. The molecule has 0 atom stereocenters. The lowest BCUT2D eigenvalue weighted by Gasteiger charge is -1.99. The van der Waals surface area contributed by atoms with Crippen molar-refractivity contribution in [2.45, 2.75) is 0 Å². The zero-order chi connectivity index (χ0) is 9.54. The van der Waals surface area contributed by atoms with E-state index in [2.05, 4.69) is 57.3 Å². The Kier molecular flexibility index (Phi) is 1.64. The maximum absolute atomic E-state index is 3.48. The van der Waals surface area contributed by atoms with Crippen molar-refractivity contribution >= 4 is 37.6 Å². The van der Waals surface area contributed by atoms with E-state index in [0.29, 0.717) is 0 Å². The van der Waals surface area contributed by atoms with Crippen molar-refractivity contribution in [2.75, 3.05) is 0 Å². The van der Waals surface area contributed by atoms with E-state index in [-0.39, 0.29) is 0 Å². The van der Waals surface area contributed by atoms with Crippen LogP contribution in [-0.2, 0) is 0 Å². The van der Waals surface area contributed by atoms with Crippen LogP contribution in [0.1, 0.15) is 0 Å². The average Bonchev–Trinajstić information content (AvgIpc) is 2.65. The molecule has 1 heterocycles. The third-order valence-electron chi connectivity index (χ3n) is 2.51. The Balaban J connectivity index is 2.57. The van der Waals surface area contributed by atoms with E-state index < -0.39 is 0 Å². The van der Waals surface area contributed by atoms with Crippen molar-refractivity contribution in [3.8, 4) is 0 Å². The second kappa shape index (κ2) is 2.85. The topological polar surface area (TPSA) is 15.8 Å². The van der Waals surface area contributed by atoms with Gasteiger partial charge >= 0.3 is 0 Å². The number of aromatic amines is 1. The van der Waals surface area contributed by atoms with Gasteiger partial charge in [-0.1, -0.05) is 28.1 Å². The molecule has 0 unspecified atom stereocenters. The quantitative estimate of drug-likeness (QED) is 0.615. The zero-order valence-electron chi connectivity index (χ0n) is 7.42. The highest BCUT2D eigenvalue weighted by Crippen LogP contribution is 2.26. The van der Waals surface area contributed by atoms with Gasteiger partial charge in [0.25, 0.3) is 0 Å². The van der Waals surface area contributed by atoms with Gasteiger partial charge in [0, 0.05) is 21.6 Å². The molecule has 0 aliphatic heterocycles. The highest BCUT2D eigenvalue weighted by atomic mass is 79.9. The molecule has 2 heteroatoms. The van der Waals surface area contributed by atoms with Gasteiger partial charge in [-0.05, 0) is 35.0 Å². The number of H-pyrrole nitrogens is 1. The molecule has 0 saturated heterocycles. The van der Waals surface area contributed by atoms with E-state index in [1.54, 1.807) is 0 Å². The van der Waals surface area contributed by atoms with E-state index in [1.807, 2.05) is 6.20 Å². The summed E-state index contributed by atoms with van der Waals surface area (Å²) in [7, 11) is 0. The molecule has 0 amide bonds. The summed E-state index contributed by atoms with van der Waals surface area (Å²) in [5.74, 6) is 0. The summed E-state index contributed by atoms with van der Waals surface area (Å²) in [5.41, 5.74) is 1.19. The predicted molar refractivity (Wildman–Crippen MR) is 63.5 cm³/mol. The summed E-state index contributed by atoms with van der Waals surface area (Å²) in [4.78, 5) is 3.21. The first-order chi connectivity index (χ1) is 6.84. The van der Waals surface area contributed by atoms with Crippen LogP contribution in [-0.4, -0.2) is 4.98 Å². The van der Waals surface area contributed by atoms with Crippen LogP contribution in [0.4, 0.5) is 0 Å². The van der Waals surface area contributed by atoms with Crippen molar-refractivity contribution in [1.82, 2.24) is 4.98 Å². The van der Waals surface area contributed by atoms with Gasteiger partial charge in [-0.2, -0.15) is 0 Å². The Morgan fingerprint density at radius 1 is 0.929 bits per heavy atom. The Morgan fingerprint density at radius 3 is 2.79 bits per heavy atom. The molecule has 0 fully saturated rings. The normalized spacial score (nSPS) is 11.2. The van der Waals surface area contributed by atoms with Crippen molar-refractivity contribution < 1.29 is 0 Å². The molecule has 14 heavy (non-hydrogen) atoms. The Hall–Kier alpha value is -1.28. The van der Waals surface area contributed by atoms with Crippen LogP contribution >= 0.6 is 15.9 Å². The van der Waals surface area contributed by atoms with E-state index in [9.17, 15) is 0 Å². The highest BCUT2D eigenvalue weighted by Gasteiger charge is 2.00. The first kappa shape index (κ1) is 8.06. The van der Waals surface area contributed by atoms with Gasteiger partial charge in [-0.25, -0.2) is 0 Å². The highest BCUT2D eigenvalue weighted by molar-refractivity contribution is 9.10. The van der Waals surface area contributed by atoms with Crippen molar-refractivity contribution in [3.63, 3.8) is 0 Å².